The molecule has 0 aliphatic rings. The van der Waals surface area contributed by atoms with Gasteiger partial charge in [0.2, 0.25) is 0 Å². The van der Waals surface area contributed by atoms with E-state index in [-0.39, 0.29) is 5.04 Å². The van der Waals surface area contributed by atoms with E-state index in [0.717, 1.165) is 0 Å². The van der Waals surface area contributed by atoms with E-state index in [1.54, 1.807) is 0 Å². The van der Waals surface area contributed by atoms with E-state index in [4.69, 9.17) is 4.53 Å². The van der Waals surface area contributed by atoms with Crippen molar-refractivity contribution in [2.75, 3.05) is 0 Å². The Labute approximate surface area is 69.4 Å². The highest BCUT2D eigenvalue weighted by molar-refractivity contribution is 6.73. The smallest absolute Gasteiger partial charge is 0.197 e. The molecule has 0 N–H and O–H groups in total. The molecule has 0 rings (SSSR count). The molecule has 0 aromatic rings. The Morgan fingerprint density at radius 1 is 1.36 bits per heavy atom. The summed E-state index contributed by atoms with van der Waals surface area (Å²) < 4.78 is 5.11. The second-order valence-electron chi connectivity index (χ2n) is 4.18. The van der Waals surface area contributed by atoms with Gasteiger partial charge < -0.3 is 4.53 Å². The molecule has 3 nitrogen and oxygen atoms in total. The first-order valence-corrected chi connectivity index (χ1v) is 6.54. The van der Waals surface area contributed by atoms with Gasteiger partial charge >= 0.3 is 0 Å². The zero-order chi connectivity index (χ0) is 9.28. The Balaban J connectivity index is 4.34. The molecule has 0 aromatic carbocycles. The molecule has 0 amide bonds. The van der Waals surface area contributed by atoms with Crippen molar-refractivity contribution in [1.29, 1.82) is 0 Å². The summed E-state index contributed by atoms with van der Waals surface area (Å²) in [6.07, 6.45) is 0. The van der Waals surface area contributed by atoms with Gasteiger partial charge in [-0.05, 0) is 5.04 Å². The zero-order valence-corrected chi connectivity index (χ0v) is 8.97. The summed E-state index contributed by atoms with van der Waals surface area (Å²) in [6, 6.07) is 0. The normalized spacial score (nSPS) is 12.8. The van der Waals surface area contributed by atoms with Gasteiger partial charge in [0.25, 0.3) is 0 Å². The van der Waals surface area contributed by atoms with Gasteiger partial charge in [0.1, 0.15) is 0 Å². The van der Waals surface area contributed by atoms with Crippen LogP contribution in [0.15, 0.2) is 0 Å². The summed E-state index contributed by atoms with van der Waals surface area (Å²) in [7, 11) is -1.92. The number of hydrogen-bond donors (Lipinski definition) is 0. The Bertz CT molecular complexity index is 160. The average molecular weight is 175 g/mol. The van der Waals surface area contributed by atoms with Crippen molar-refractivity contribution in [1.82, 2.24) is 0 Å². The lowest BCUT2D eigenvalue weighted by Gasteiger charge is -2.37. The van der Waals surface area contributed by atoms with E-state index >= 15 is 0 Å². The van der Waals surface area contributed by atoms with Crippen LogP contribution in [0.1, 0.15) is 20.8 Å². The van der Waals surface area contributed by atoms with Crippen LogP contribution in [0.4, 0.5) is 0 Å². The second-order valence-corrected chi connectivity index (χ2v) is 8.89. The summed E-state index contributed by atoms with van der Waals surface area (Å²) in [5, 5.41) is 10.6. The molecule has 0 radical (unpaired) electrons. The highest BCUT2D eigenvalue weighted by atomic mass is 28.4. The Morgan fingerprint density at radius 3 is 1.82 bits per heavy atom. The molecule has 0 aliphatic carbocycles. The van der Waals surface area contributed by atoms with Gasteiger partial charge in [0.15, 0.2) is 15.0 Å². The third-order valence-corrected chi connectivity index (χ3v) is 6.41. The van der Waals surface area contributed by atoms with Crippen molar-refractivity contribution >= 4 is 15.0 Å². The maximum atomic E-state index is 10.5. The first-order valence-electron chi connectivity index (χ1n) is 3.64. The number of hydrogen-bond acceptors (Lipinski definition) is 2. The molecule has 0 aromatic heterocycles. The van der Waals surface area contributed by atoms with E-state index in [0.29, 0.717) is 4.90 Å². The molecule has 66 valence electrons. The summed E-state index contributed by atoms with van der Waals surface area (Å²) in [4.78, 5) is 0.317. The van der Waals surface area contributed by atoms with E-state index in [1.165, 1.54) is 0 Å². The molecule has 0 fully saturated rings. The van der Waals surface area contributed by atoms with Crippen molar-refractivity contribution in [2.45, 2.75) is 38.9 Å². The van der Waals surface area contributed by atoms with Crippen LogP contribution in [0, 0.1) is 5.21 Å². The van der Waals surface area contributed by atoms with E-state index < -0.39 is 8.32 Å². The van der Waals surface area contributed by atoms with E-state index in [1.807, 2.05) is 13.1 Å². The van der Waals surface area contributed by atoms with Gasteiger partial charge in [-0.15, -0.1) is 0 Å². The van der Waals surface area contributed by atoms with Crippen LogP contribution >= 0.6 is 0 Å². The maximum absolute atomic E-state index is 10.5. The Hall–Kier alpha value is -0.513. The maximum Gasteiger partial charge on any atom is 0.197 e. The minimum absolute atomic E-state index is 0.0628. The molecule has 0 spiro atoms. The van der Waals surface area contributed by atoms with E-state index in [9.17, 15) is 5.21 Å². The van der Waals surface area contributed by atoms with Crippen LogP contribution in [0.3, 0.4) is 0 Å². The summed E-state index contributed by atoms with van der Waals surface area (Å²) in [6.45, 7) is 13.3. The minimum Gasteiger partial charge on any atom is -0.443 e. The van der Waals surface area contributed by atoms with Crippen molar-refractivity contribution < 1.29 is 9.43 Å². The fourth-order valence-corrected chi connectivity index (χ4v) is 1.17. The molecule has 0 aliphatic heterocycles. The quantitative estimate of drug-likeness (QED) is 0.279. The molecule has 0 atom stereocenters. The number of nitrogens with zero attached hydrogens (tertiary/aromatic N) is 1. The molecule has 0 unspecified atom stereocenters. The Kier molecular flexibility index (Phi) is 2.72. The summed E-state index contributed by atoms with van der Waals surface area (Å²) in [5.41, 5.74) is 0. The van der Waals surface area contributed by atoms with Crippen LogP contribution in [0.5, 0.6) is 0 Å². The molecule has 11 heavy (non-hydrogen) atoms. The zero-order valence-electron chi connectivity index (χ0n) is 7.97. The summed E-state index contributed by atoms with van der Waals surface area (Å²) >= 11 is 0. The first-order chi connectivity index (χ1) is 4.67. The number of rotatable bonds is 2. The lowest BCUT2D eigenvalue weighted by molar-refractivity contribution is -0.698. The van der Waals surface area contributed by atoms with Gasteiger partial charge in [-0.1, -0.05) is 33.9 Å². The second kappa shape index (κ2) is 2.85. The highest BCUT2D eigenvalue weighted by Crippen LogP contribution is 2.36. The van der Waals surface area contributed by atoms with Gasteiger partial charge in [0.05, 0.1) is 0 Å². The largest absolute Gasteiger partial charge is 0.443 e. The molecular formula is C7H17NO2Si. The predicted octanol–water partition coefficient (Wildman–Crippen LogP) is 2.13. The predicted molar refractivity (Wildman–Crippen MR) is 49.0 cm³/mol. The molecule has 4 heteroatoms. The first kappa shape index (κ1) is 10.5. The third-order valence-electron chi connectivity index (χ3n) is 2.14. The average Bonchev–Trinajstić information content (AvgIpc) is 1.56. The van der Waals surface area contributed by atoms with Crippen molar-refractivity contribution in [3.05, 3.63) is 5.21 Å². The van der Waals surface area contributed by atoms with Crippen LogP contribution in [0.25, 0.3) is 0 Å². The molecule has 0 bridgehead atoms. The van der Waals surface area contributed by atoms with Crippen molar-refractivity contribution in [3.8, 4) is 0 Å². The molecule has 0 saturated carbocycles. The summed E-state index contributed by atoms with van der Waals surface area (Å²) in [5.74, 6) is 0. The van der Waals surface area contributed by atoms with Crippen molar-refractivity contribution in [2.24, 2.45) is 0 Å². The lowest BCUT2D eigenvalue weighted by atomic mass is 10.2. The monoisotopic (exact) mass is 175 g/mol. The van der Waals surface area contributed by atoms with Gasteiger partial charge in [-0.25, -0.2) is 0 Å². The molecular weight excluding hydrogens is 158 g/mol. The fourth-order valence-electron chi connectivity index (χ4n) is 0.391. The topological polar surface area (TPSA) is 35.3 Å². The van der Waals surface area contributed by atoms with Gasteiger partial charge in [-0.3, -0.25) is 5.21 Å². The van der Waals surface area contributed by atoms with Crippen LogP contribution in [-0.2, 0) is 4.53 Å². The minimum atomic E-state index is -1.92. The SMILES string of the molecule is C=[N+]([O-])O[Si](C)(C)C(C)(C)C. The van der Waals surface area contributed by atoms with Crippen LogP contribution in [0.2, 0.25) is 18.1 Å². The standard InChI is InChI=1S/C7H17NO2Si/c1-7(2,3)11(5,6)10-8(4)9/h4H2,1-3,5-6H3. The van der Waals surface area contributed by atoms with Crippen LogP contribution < -0.4 is 0 Å². The lowest BCUT2D eigenvalue weighted by Crippen LogP contribution is -2.42. The van der Waals surface area contributed by atoms with Gasteiger partial charge in [-0.2, -0.15) is 0 Å². The molecule has 0 heterocycles. The van der Waals surface area contributed by atoms with Crippen molar-refractivity contribution in [3.63, 3.8) is 0 Å². The van der Waals surface area contributed by atoms with Crippen LogP contribution in [-0.4, -0.2) is 19.9 Å². The molecule has 0 saturated heterocycles. The Morgan fingerprint density at radius 2 is 1.73 bits per heavy atom. The third kappa shape index (κ3) is 2.92. The van der Waals surface area contributed by atoms with Gasteiger partial charge in [0, 0.05) is 4.90 Å². The van der Waals surface area contributed by atoms with E-state index in [2.05, 4.69) is 27.5 Å². The highest BCUT2D eigenvalue weighted by Gasteiger charge is 2.36. The fraction of sp³-hybridized carbons (Fsp3) is 0.857.